The number of rotatable bonds is 3. The lowest BCUT2D eigenvalue weighted by atomic mass is 10.1. The highest BCUT2D eigenvalue weighted by Crippen LogP contribution is 2.07. The first kappa shape index (κ1) is 11.5. The van der Waals surface area contributed by atoms with Gasteiger partial charge in [0, 0.05) is 5.54 Å². The lowest BCUT2D eigenvalue weighted by Crippen LogP contribution is -2.00. The summed E-state index contributed by atoms with van der Waals surface area (Å²) < 4.78 is 4.59. The zero-order valence-electron chi connectivity index (χ0n) is 8.31. The number of benzene rings is 1. The molecule has 2 nitrogen and oxygen atoms in total. The summed E-state index contributed by atoms with van der Waals surface area (Å²) in [6.07, 6.45) is 5.43. The van der Waals surface area contributed by atoms with Crippen LogP contribution in [0.3, 0.4) is 0 Å². The second-order valence-corrected chi connectivity index (χ2v) is 3.04. The summed E-state index contributed by atoms with van der Waals surface area (Å²) in [5.41, 5.74) is 2.97. The Balaban J connectivity index is 2.76. The van der Waals surface area contributed by atoms with Crippen LogP contribution in [-0.4, -0.2) is 13.1 Å². The van der Waals surface area contributed by atoms with Gasteiger partial charge in [0.05, 0.1) is 12.7 Å². The van der Waals surface area contributed by atoms with Gasteiger partial charge in [0.1, 0.15) is 0 Å². The lowest BCUT2D eigenvalue weighted by Gasteiger charge is -1.98. The van der Waals surface area contributed by atoms with Gasteiger partial charge in [-0.3, -0.25) is 0 Å². The molecule has 0 bridgehead atoms. The van der Waals surface area contributed by atoms with Crippen molar-refractivity contribution in [3.63, 3.8) is 0 Å². The number of methoxy groups -OCH3 is 1. The van der Waals surface area contributed by atoms with Crippen LogP contribution in [0.4, 0.5) is 0 Å². The maximum absolute atomic E-state index is 11.1. The summed E-state index contributed by atoms with van der Waals surface area (Å²) in [7, 11) is 1.36. The highest BCUT2D eigenvalue weighted by Gasteiger charge is 2.02. The van der Waals surface area contributed by atoms with Crippen LogP contribution in [0.25, 0.3) is 6.08 Å². The number of ether oxygens (including phenoxy) is 1. The minimum Gasteiger partial charge on any atom is -0.465 e. The van der Waals surface area contributed by atoms with E-state index in [-0.39, 0.29) is 5.97 Å². The molecule has 15 heavy (non-hydrogen) atoms. The summed E-state index contributed by atoms with van der Waals surface area (Å²) in [4.78, 5) is 11.1. The van der Waals surface area contributed by atoms with Crippen molar-refractivity contribution in [1.82, 2.24) is 0 Å². The van der Waals surface area contributed by atoms with Gasteiger partial charge < -0.3 is 4.74 Å². The molecule has 0 aliphatic carbocycles. The summed E-state index contributed by atoms with van der Waals surface area (Å²) in [6.45, 7) is 0. The van der Waals surface area contributed by atoms with Crippen LogP contribution < -0.4 is 0 Å². The minimum absolute atomic E-state index is 0.328. The minimum atomic E-state index is -0.328. The van der Waals surface area contributed by atoms with Crippen LogP contribution in [-0.2, 0) is 4.74 Å². The molecule has 0 heterocycles. The second kappa shape index (κ2) is 6.04. The van der Waals surface area contributed by atoms with Gasteiger partial charge in [0.15, 0.2) is 0 Å². The normalized spacial score (nSPS) is 11.1. The van der Waals surface area contributed by atoms with Crippen LogP contribution in [0.15, 0.2) is 42.0 Å². The largest absolute Gasteiger partial charge is 0.465 e. The average molecular weight is 223 g/mol. The molecule has 3 heteroatoms. The molecule has 1 rings (SSSR count). The van der Waals surface area contributed by atoms with Gasteiger partial charge in [0.25, 0.3) is 0 Å². The Labute approximate surface area is 93.8 Å². The molecule has 1 aromatic rings. The van der Waals surface area contributed by atoms with Crippen LogP contribution in [0.5, 0.6) is 0 Å². The molecule has 0 unspecified atom stereocenters. The average Bonchev–Trinajstić information content (AvgIpc) is 2.29. The highest BCUT2D eigenvalue weighted by molar-refractivity contribution is 6.25. The summed E-state index contributed by atoms with van der Waals surface area (Å²) >= 11 is 5.36. The van der Waals surface area contributed by atoms with Gasteiger partial charge in [-0.2, -0.15) is 0 Å². The van der Waals surface area contributed by atoms with Crippen molar-refractivity contribution in [2.24, 2.45) is 0 Å². The molecular weight excluding hydrogens is 212 g/mol. The van der Waals surface area contributed by atoms with E-state index in [9.17, 15) is 4.79 Å². The van der Waals surface area contributed by atoms with Crippen molar-refractivity contribution in [3.05, 3.63) is 53.1 Å². The summed E-state index contributed by atoms with van der Waals surface area (Å²) in [5, 5.41) is 0. The topological polar surface area (TPSA) is 26.3 Å². The van der Waals surface area contributed by atoms with E-state index in [1.165, 1.54) is 12.6 Å². The first-order chi connectivity index (χ1) is 7.27. The molecule has 78 valence electrons. The standard InChI is InChI=1S/C12H11ClO2/c1-15-12(14)11-7-5-10(6-8-11)4-2-3-9-13/h2-9H,1H3/b4-2-,9-3-. The maximum Gasteiger partial charge on any atom is 0.337 e. The summed E-state index contributed by atoms with van der Waals surface area (Å²) in [5.74, 6) is -0.328. The molecule has 0 radical (unpaired) electrons. The van der Waals surface area contributed by atoms with E-state index in [0.717, 1.165) is 5.56 Å². The molecule has 0 aromatic heterocycles. The first-order valence-corrected chi connectivity index (χ1v) is 4.83. The van der Waals surface area contributed by atoms with E-state index >= 15 is 0 Å². The van der Waals surface area contributed by atoms with Gasteiger partial charge in [-0.25, -0.2) is 4.79 Å². The third-order valence-corrected chi connectivity index (χ3v) is 1.95. The molecule has 0 N–H and O–H groups in total. The zero-order valence-corrected chi connectivity index (χ0v) is 9.07. The van der Waals surface area contributed by atoms with Gasteiger partial charge in [0.2, 0.25) is 0 Å². The molecular formula is C12H11ClO2. The fourth-order valence-corrected chi connectivity index (χ4v) is 1.14. The Morgan fingerprint density at radius 2 is 1.93 bits per heavy atom. The van der Waals surface area contributed by atoms with Crippen molar-refractivity contribution < 1.29 is 9.53 Å². The third kappa shape index (κ3) is 3.60. The van der Waals surface area contributed by atoms with Crippen LogP contribution in [0.2, 0.25) is 0 Å². The number of hydrogen-bond donors (Lipinski definition) is 0. The molecule has 1 aromatic carbocycles. The number of hydrogen-bond acceptors (Lipinski definition) is 2. The monoisotopic (exact) mass is 222 g/mol. The van der Waals surface area contributed by atoms with E-state index in [1.807, 2.05) is 24.3 Å². The van der Waals surface area contributed by atoms with Crippen molar-refractivity contribution in [3.8, 4) is 0 Å². The number of allylic oxidation sites excluding steroid dienone is 2. The van der Waals surface area contributed by atoms with E-state index < -0.39 is 0 Å². The number of halogens is 1. The predicted molar refractivity (Wildman–Crippen MR) is 61.8 cm³/mol. The number of carbonyl (C=O) groups excluding carboxylic acids is 1. The fraction of sp³-hybridized carbons (Fsp3) is 0.0833. The van der Waals surface area contributed by atoms with Crippen LogP contribution in [0.1, 0.15) is 15.9 Å². The van der Waals surface area contributed by atoms with Crippen LogP contribution >= 0.6 is 11.6 Å². The predicted octanol–water partition coefficient (Wildman–Crippen LogP) is 3.24. The Morgan fingerprint density at radius 3 is 2.47 bits per heavy atom. The van der Waals surface area contributed by atoms with E-state index in [1.54, 1.807) is 18.2 Å². The zero-order chi connectivity index (χ0) is 11.1. The molecule has 0 aliphatic rings. The van der Waals surface area contributed by atoms with Gasteiger partial charge in [-0.05, 0) is 17.7 Å². The number of esters is 1. The smallest absolute Gasteiger partial charge is 0.337 e. The number of carbonyl (C=O) groups is 1. The second-order valence-electron chi connectivity index (χ2n) is 2.79. The molecule has 0 atom stereocenters. The van der Waals surface area contributed by atoms with Crippen molar-refractivity contribution in [2.75, 3.05) is 7.11 Å². The van der Waals surface area contributed by atoms with E-state index in [4.69, 9.17) is 11.6 Å². The van der Waals surface area contributed by atoms with Gasteiger partial charge in [-0.1, -0.05) is 42.0 Å². The first-order valence-electron chi connectivity index (χ1n) is 4.39. The van der Waals surface area contributed by atoms with Crippen molar-refractivity contribution in [1.29, 1.82) is 0 Å². The Hall–Kier alpha value is -1.54. The molecule has 0 spiro atoms. The van der Waals surface area contributed by atoms with E-state index in [0.29, 0.717) is 5.56 Å². The van der Waals surface area contributed by atoms with Crippen LogP contribution in [0, 0.1) is 0 Å². The molecule has 0 fully saturated rings. The quantitative estimate of drug-likeness (QED) is 0.580. The molecule has 0 amide bonds. The molecule has 0 saturated carbocycles. The lowest BCUT2D eigenvalue weighted by molar-refractivity contribution is 0.0601. The van der Waals surface area contributed by atoms with Crippen molar-refractivity contribution in [2.45, 2.75) is 0 Å². The van der Waals surface area contributed by atoms with Gasteiger partial charge in [-0.15, -0.1) is 0 Å². The molecule has 0 aliphatic heterocycles. The fourth-order valence-electron chi connectivity index (χ4n) is 1.06. The highest BCUT2D eigenvalue weighted by atomic mass is 35.5. The summed E-state index contributed by atoms with van der Waals surface area (Å²) in [6, 6.07) is 7.11. The van der Waals surface area contributed by atoms with Crippen molar-refractivity contribution >= 4 is 23.6 Å². The third-order valence-electron chi connectivity index (χ3n) is 1.80. The Morgan fingerprint density at radius 1 is 1.27 bits per heavy atom. The Bertz CT molecular complexity index is 377. The van der Waals surface area contributed by atoms with Gasteiger partial charge >= 0.3 is 5.97 Å². The molecule has 0 saturated heterocycles. The maximum atomic E-state index is 11.1. The Kier molecular flexibility index (Phi) is 4.64. The van der Waals surface area contributed by atoms with E-state index in [2.05, 4.69) is 4.74 Å². The SMILES string of the molecule is COC(=O)c1ccc(/C=C\C=C/Cl)cc1.